The summed E-state index contributed by atoms with van der Waals surface area (Å²) < 4.78 is 0. The van der Waals surface area contributed by atoms with Crippen LogP contribution in [0.25, 0.3) is 0 Å². The third kappa shape index (κ3) is 2.16. The van der Waals surface area contributed by atoms with E-state index >= 15 is 0 Å². The summed E-state index contributed by atoms with van der Waals surface area (Å²) in [5.74, 6) is -0.533. The normalized spacial score (nSPS) is 27.1. The van der Waals surface area contributed by atoms with Crippen LogP contribution >= 0.6 is 0 Å². The van der Waals surface area contributed by atoms with Gasteiger partial charge in [0, 0.05) is 5.92 Å². The Morgan fingerprint density at radius 1 is 1.47 bits per heavy atom. The standard InChI is InChI=1S/C10H16N2O3/c1-4-10(5-6(2)7(3)13)8(14)11-9(15)12-10/h6H,4-5H2,1-3H3,(H2,11,12,14,15). The van der Waals surface area contributed by atoms with E-state index in [2.05, 4.69) is 10.6 Å². The van der Waals surface area contributed by atoms with Gasteiger partial charge in [-0.15, -0.1) is 0 Å². The van der Waals surface area contributed by atoms with Gasteiger partial charge in [0.25, 0.3) is 5.91 Å². The lowest BCUT2D eigenvalue weighted by atomic mass is 9.84. The first kappa shape index (κ1) is 11.7. The van der Waals surface area contributed by atoms with Crippen LogP contribution in [0.2, 0.25) is 0 Å². The lowest BCUT2D eigenvalue weighted by Gasteiger charge is -2.26. The van der Waals surface area contributed by atoms with Crippen LogP contribution in [-0.2, 0) is 9.59 Å². The predicted molar refractivity (Wildman–Crippen MR) is 54.2 cm³/mol. The van der Waals surface area contributed by atoms with Gasteiger partial charge >= 0.3 is 6.03 Å². The lowest BCUT2D eigenvalue weighted by Crippen LogP contribution is -2.48. The van der Waals surface area contributed by atoms with Gasteiger partial charge in [-0.05, 0) is 19.8 Å². The highest BCUT2D eigenvalue weighted by Gasteiger charge is 2.45. The molecule has 2 N–H and O–H groups in total. The average molecular weight is 212 g/mol. The number of amides is 3. The number of imide groups is 1. The van der Waals surface area contributed by atoms with Crippen molar-refractivity contribution in [3.63, 3.8) is 0 Å². The zero-order valence-corrected chi connectivity index (χ0v) is 9.22. The number of hydrogen-bond donors (Lipinski definition) is 2. The van der Waals surface area contributed by atoms with E-state index in [0.717, 1.165) is 0 Å². The number of rotatable bonds is 4. The highest BCUT2D eigenvalue weighted by Crippen LogP contribution is 2.24. The Bertz CT molecular complexity index is 314. The molecule has 0 aromatic carbocycles. The Hall–Kier alpha value is -1.39. The van der Waals surface area contributed by atoms with Gasteiger partial charge in [-0.25, -0.2) is 4.79 Å². The predicted octanol–water partition coefficient (Wildman–Crippen LogP) is 0.590. The minimum absolute atomic E-state index is 0.0248. The summed E-state index contributed by atoms with van der Waals surface area (Å²) in [6.07, 6.45) is 0.846. The fourth-order valence-electron chi connectivity index (χ4n) is 1.73. The van der Waals surface area contributed by atoms with Crippen molar-refractivity contribution in [1.29, 1.82) is 0 Å². The topological polar surface area (TPSA) is 75.3 Å². The smallest absolute Gasteiger partial charge is 0.322 e. The molecule has 0 aromatic rings. The number of ketones is 1. The Balaban J connectivity index is 2.82. The minimum atomic E-state index is -0.901. The zero-order chi connectivity index (χ0) is 11.6. The highest BCUT2D eigenvalue weighted by molar-refractivity contribution is 6.07. The van der Waals surface area contributed by atoms with Gasteiger partial charge in [-0.3, -0.25) is 14.9 Å². The van der Waals surface area contributed by atoms with Crippen LogP contribution in [0, 0.1) is 5.92 Å². The number of Topliss-reactive ketones (excluding diaryl/α,β-unsaturated/α-hetero) is 1. The molecule has 0 radical (unpaired) electrons. The summed E-state index contributed by atoms with van der Waals surface area (Å²) in [7, 11) is 0. The average Bonchev–Trinajstić information content (AvgIpc) is 2.42. The third-order valence-electron chi connectivity index (χ3n) is 2.97. The van der Waals surface area contributed by atoms with Crippen LogP contribution < -0.4 is 10.6 Å². The molecule has 0 aliphatic carbocycles. The molecule has 0 aromatic heterocycles. The van der Waals surface area contributed by atoms with E-state index in [1.165, 1.54) is 6.92 Å². The molecule has 0 spiro atoms. The Morgan fingerprint density at radius 2 is 2.07 bits per heavy atom. The van der Waals surface area contributed by atoms with Crippen molar-refractivity contribution in [2.24, 2.45) is 5.92 Å². The van der Waals surface area contributed by atoms with E-state index in [-0.39, 0.29) is 17.6 Å². The molecule has 1 rings (SSSR count). The molecule has 84 valence electrons. The third-order valence-corrected chi connectivity index (χ3v) is 2.97. The second-order valence-electron chi connectivity index (χ2n) is 4.06. The van der Waals surface area contributed by atoms with E-state index in [1.807, 2.05) is 6.92 Å². The maximum atomic E-state index is 11.6. The largest absolute Gasteiger partial charge is 0.323 e. The molecule has 1 saturated heterocycles. The van der Waals surface area contributed by atoms with Crippen molar-refractivity contribution < 1.29 is 14.4 Å². The van der Waals surface area contributed by atoms with Crippen LogP contribution in [0.1, 0.15) is 33.6 Å². The molecule has 15 heavy (non-hydrogen) atoms. The van der Waals surface area contributed by atoms with Crippen molar-refractivity contribution in [3.8, 4) is 0 Å². The Labute approximate surface area is 88.6 Å². The van der Waals surface area contributed by atoms with Crippen LogP contribution in [0.4, 0.5) is 4.79 Å². The van der Waals surface area contributed by atoms with E-state index in [4.69, 9.17) is 0 Å². The second kappa shape index (κ2) is 4.00. The summed E-state index contributed by atoms with van der Waals surface area (Å²) in [6, 6.07) is -0.474. The molecule has 3 amide bonds. The maximum Gasteiger partial charge on any atom is 0.322 e. The first-order valence-electron chi connectivity index (χ1n) is 5.05. The quantitative estimate of drug-likeness (QED) is 0.670. The fourth-order valence-corrected chi connectivity index (χ4v) is 1.73. The van der Waals surface area contributed by atoms with E-state index in [1.54, 1.807) is 6.92 Å². The van der Waals surface area contributed by atoms with Crippen molar-refractivity contribution in [2.45, 2.75) is 39.2 Å². The zero-order valence-electron chi connectivity index (χ0n) is 9.22. The number of nitrogens with one attached hydrogen (secondary N) is 2. The molecule has 0 saturated carbocycles. The second-order valence-corrected chi connectivity index (χ2v) is 4.06. The van der Waals surface area contributed by atoms with Crippen molar-refractivity contribution in [3.05, 3.63) is 0 Å². The summed E-state index contributed by atoms with van der Waals surface area (Å²) in [5, 5.41) is 4.80. The van der Waals surface area contributed by atoms with Crippen LogP contribution in [0.3, 0.4) is 0 Å². The summed E-state index contributed by atoms with van der Waals surface area (Å²) in [5.41, 5.74) is -0.901. The maximum absolute atomic E-state index is 11.6. The molecule has 0 bridgehead atoms. The van der Waals surface area contributed by atoms with Crippen LogP contribution in [0.5, 0.6) is 0 Å². The van der Waals surface area contributed by atoms with Gasteiger partial charge < -0.3 is 5.32 Å². The monoisotopic (exact) mass is 212 g/mol. The molecule has 5 heteroatoms. The molecular formula is C10H16N2O3. The van der Waals surface area contributed by atoms with Crippen LogP contribution in [-0.4, -0.2) is 23.3 Å². The van der Waals surface area contributed by atoms with Gasteiger partial charge in [-0.2, -0.15) is 0 Å². The molecule has 1 fully saturated rings. The van der Waals surface area contributed by atoms with Crippen molar-refractivity contribution in [2.75, 3.05) is 0 Å². The SMILES string of the molecule is CCC1(CC(C)C(C)=O)NC(=O)NC1=O. The molecule has 5 nitrogen and oxygen atoms in total. The molecular weight excluding hydrogens is 196 g/mol. The first-order valence-corrected chi connectivity index (χ1v) is 5.05. The van der Waals surface area contributed by atoms with Gasteiger partial charge in [-0.1, -0.05) is 13.8 Å². The van der Waals surface area contributed by atoms with Gasteiger partial charge in [0.15, 0.2) is 0 Å². The van der Waals surface area contributed by atoms with Crippen molar-refractivity contribution in [1.82, 2.24) is 10.6 Å². The molecule has 1 aliphatic heterocycles. The highest BCUT2D eigenvalue weighted by atomic mass is 16.2. The molecule has 1 heterocycles. The fraction of sp³-hybridized carbons (Fsp3) is 0.700. The van der Waals surface area contributed by atoms with E-state index in [9.17, 15) is 14.4 Å². The summed E-state index contributed by atoms with van der Waals surface area (Å²) in [6.45, 7) is 5.07. The number of urea groups is 1. The molecule has 2 unspecified atom stereocenters. The summed E-state index contributed by atoms with van der Waals surface area (Å²) >= 11 is 0. The van der Waals surface area contributed by atoms with Gasteiger partial charge in [0.2, 0.25) is 0 Å². The Morgan fingerprint density at radius 3 is 2.40 bits per heavy atom. The molecule has 1 aliphatic rings. The molecule has 2 atom stereocenters. The first-order chi connectivity index (χ1) is 6.91. The lowest BCUT2D eigenvalue weighted by molar-refractivity contribution is -0.126. The summed E-state index contributed by atoms with van der Waals surface area (Å²) in [4.78, 5) is 33.8. The van der Waals surface area contributed by atoms with Gasteiger partial charge in [0.1, 0.15) is 11.3 Å². The van der Waals surface area contributed by atoms with Crippen molar-refractivity contribution >= 4 is 17.7 Å². The van der Waals surface area contributed by atoms with Crippen LogP contribution in [0.15, 0.2) is 0 Å². The Kier molecular flexibility index (Phi) is 3.12. The van der Waals surface area contributed by atoms with E-state index in [0.29, 0.717) is 12.8 Å². The number of carbonyl (C=O) groups excluding carboxylic acids is 3. The number of hydrogen-bond acceptors (Lipinski definition) is 3. The minimum Gasteiger partial charge on any atom is -0.323 e. The van der Waals surface area contributed by atoms with E-state index < -0.39 is 11.6 Å². The number of carbonyl (C=O) groups is 3. The van der Waals surface area contributed by atoms with Gasteiger partial charge in [0.05, 0.1) is 0 Å².